The van der Waals surface area contributed by atoms with Gasteiger partial charge in [0.05, 0.1) is 10.6 Å². The number of amides is 2. The first kappa shape index (κ1) is 29.1. The number of hydrogen-bond acceptors (Lipinski definition) is 4. The molecule has 0 aliphatic carbocycles. The fourth-order valence-corrected chi connectivity index (χ4v) is 5.28. The number of nitrogens with zero attached hydrogens (tertiary/aromatic N) is 2. The third kappa shape index (κ3) is 7.33. The van der Waals surface area contributed by atoms with Crippen LogP contribution in [0.3, 0.4) is 0 Å². The summed E-state index contributed by atoms with van der Waals surface area (Å²) in [6, 6.07) is 17.0. The summed E-state index contributed by atoms with van der Waals surface area (Å²) in [6.07, 6.45) is 0.719. The van der Waals surface area contributed by atoms with E-state index < -0.39 is 34.3 Å². The van der Waals surface area contributed by atoms with E-state index in [9.17, 15) is 22.4 Å². The summed E-state index contributed by atoms with van der Waals surface area (Å²) in [5, 5.41) is 3.31. The van der Waals surface area contributed by atoms with E-state index in [-0.39, 0.29) is 23.0 Å². The minimum Gasteiger partial charge on any atom is -0.354 e. The highest BCUT2D eigenvalue weighted by Crippen LogP contribution is 2.25. The van der Waals surface area contributed by atoms with Gasteiger partial charge in [-0.2, -0.15) is 0 Å². The number of carbonyl (C=O) groups excluding carboxylic acids is 2. The maximum Gasteiger partial charge on any atom is 0.264 e. The van der Waals surface area contributed by atoms with Gasteiger partial charge in [0.25, 0.3) is 10.0 Å². The Labute approximate surface area is 228 Å². The smallest absolute Gasteiger partial charge is 0.264 e. The molecule has 38 heavy (non-hydrogen) atoms. The Morgan fingerprint density at radius 3 is 2.16 bits per heavy atom. The van der Waals surface area contributed by atoms with E-state index in [1.54, 1.807) is 43.3 Å². The van der Waals surface area contributed by atoms with Gasteiger partial charge in [-0.1, -0.05) is 48.4 Å². The minimum atomic E-state index is -4.21. The second-order valence-electron chi connectivity index (χ2n) is 8.92. The molecular formula is C28H31ClFN3O4S. The number of halogens is 2. The number of aryl methyl sites for hydroxylation is 1. The Morgan fingerprint density at radius 2 is 1.58 bits per heavy atom. The molecule has 0 aromatic heterocycles. The molecule has 0 aliphatic rings. The number of rotatable bonds is 11. The second-order valence-corrected chi connectivity index (χ2v) is 11.2. The number of hydrogen-bond donors (Lipinski definition) is 1. The SMILES string of the molecule is CCCNC(=O)C(C)N(Cc1ccc(Cl)cc1)C(=O)CN(c1ccc(F)cc1)S(=O)(=O)c1ccc(C)cc1. The maximum absolute atomic E-state index is 13.8. The van der Waals surface area contributed by atoms with Crippen LogP contribution in [0.4, 0.5) is 10.1 Å². The van der Waals surface area contributed by atoms with Crippen molar-refractivity contribution in [1.29, 1.82) is 0 Å². The lowest BCUT2D eigenvalue weighted by Crippen LogP contribution is -2.51. The fraction of sp³-hybridized carbons (Fsp3) is 0.286. The van der Waals surface area contributed by atoms with Crippen molar-refractivity contribution >= 4 is 39.1 Å². The molecule has 0 saturated carbocycles. The fourth-order valence-electron chi connectivity index (χ4n) is 3.74. The first-order chi connectivity index (χ1) is 18.0. The van der Waals surface area contributed by atoms with Crippen LogP contribution in [0.15, 0.2) is 77.7 Å². The van der Waals surface area contributed by atoms with Gasteiger partial charge in [0.2, 0.25) is 11.8 Å². The quantitative estimate of drug-likeness (QED) is 0.361. The summed E-state index contributed by atoms with van der Waals surface area (Å²) in [5.74, 6) is -1.50. The van der Waals surface area contributed by atoms with Crippen molar-refractivity contribution in [3.63, 3.8) is 0 Å². The van der Waals surface area contributed by atoms with Crippen LogP contribution in [-0.2, 0) is 26.2 Å². The average molecular weight is 560 g/mol. The van der Waals surface area contributed by atoms with E-state index >= 15 is 0 Å². The molecule has 1 N–H and O–H groups in total. The summed E-state index contributed by atoms with van der Waals surface area (Å²) >= 11 is 6.00. The minimum absolute atomic E-state index is 0.0155. The Balaban J connectivity index is 2.00. The van der Waals surface area contributed by atoms with Gasteiger partial charge in [-0.15, -0.1) is 0 Å². The van der Waals surface area contributed by atoms with Gasteiger partial charge >= 0.3 is 0 Å². The van der Waals surface area contributed by atoms with Crippen molar-refractivity contribution in [1.82, 2.24) is 10.2 Å². The van der Waals surface area contributed by atoms with Crippen molar-refractivity contribution in [2.75, 3.05) is 17.4 Å². The summed E-state index contributed by atoms with van der Waals surface area (Å²) in [5.41, 5.74) is 1.71. The third-order valence-electron chi connectivity index (χ3n) is 5.99. The second kappa shape index (κ2) is 12.9. The molecule has 1 unspecified atom stereocenters. The Kier molecular flexibility index (Phi) is 9.88. The number of benzene rings is 3. The van der Waals surface area contributed by atoms with Crippen LogP contribution in [0.25, 0.3) is 0 Å². The van der Waals surface area contributed by atoms with Crippen molar-refractivity contribution < 1.29 is 22.4 Å². The van der Waals surface area contributed by atoms with Gasteiger partial charge in [-0.05, 0) is 74.4 Å². The molecule has 3 rings (SSSR count). The molecular weight excluding hydrogens is 529 g/mol. The van der Waals surface area contributed by atoms with Gasteiger partial charge in [0.1, 0.15) is 18.4 Å². The van der Waals surface area contributed by atoms with Gasteiger partial charge < -0.3 is 10.2 Å². The lowest BCUT2D eigenvalue weighted by Gasteiger charge is -2.32. The van der Waals surface area contributed by atoms with E-state index in [0.717, 1.165) is 28.4 Å². The number of nitrogens with one attached hydrogen (secondary N) is 1. The van der Waals surface area contributed by atoms with Gasteiger partial charge in [-0.25, -0.2) is 12.8 Å². The van der Waals surface area contributed by atoms with E-state index in [1.165, 1.54) is 29.2 Å². The highest BCUT2D eigenvalue weighted by atomic mass is 35.5. The van der Waals surface area contributed by atoms with Gasteiger partial charge in [-0.3, -0.25) is 13.9 Å². The van der Waals surface area contributed by atoms with Crippen LogP contribution in [0, 0.1) is 12.7 Å². The molecule has 3 aromatic rings. The zero-order valence-corrected chi connectivity index (χ0v) is 23.1. The average Bonchev–Trinajstić information content (AvgIpc) is 2.90. The molecule has 10 heteroatoms. The Hall–Kier alpha value is -3.43. The highest BCUT2D eigenvalue weighted by molar-refractivity contribution is 7.92. The number of anilines is 1. The summed E-state index contributed by atoms with van der Waals surface area (Å²) in [7, 11) is -4.21. The topological polar surface area (TPSA) is 86.8 Å². The largest absolute Gasteiger partial charge is 0.354 e. The van der Waals surface area contributed by atoms with Crippen LogP contribution < -0.4 is 9.62 Å². The van der Waals surface area contributed by atoms with Crippen molar-refractivity contribution in [3.8, 4) is 0 Å². The zero-order valence-electron chi connectivity index (χ0n) is 21.5. The standard InChI is InChI=1S/C28H31ClFN3O4S/c1-4-17-31-28(35)21(3)32(18-22-7-9-23(29)10-8-22)27(34)19-33(25-13-11-24(30)12-14-25)38(36,37)26-15-5-20(2)6-16-26/h5-16,21H,4,17-19H2,1-3H3,(H,31,35). The van der Waals surface area contributed by atoms with Crippen molar-refractivity contribution in [2.24, 2.45) is 0 Å². The van der Waals surface area contributed by atoms with E-state index in [2.05, 4.69) is 5.32 Å². The van der Waals surface area contributed by atoms with Gasteiger partial charge in [0.15, 0.2) is 0 Å². The Bertz CT molecular complexity index is 1350. The van der Waals surface area contributed by atoms with E-state index in [1.807, 2.05) is 13.8 Å². The molecule has 3 aromatic carbocycles. The lowest BCUT2D eigenvalue weighted by atomic mass is 10.1. The van der Waals surface area contributed by atoms with Crippen LogP contribution in [0.5, 0.6) is 0 Å². The third-order valence-corrected chi connectivity index (χ3v) is 8.03. The summed E-state index contributed by atoms with van der Waals surface area (Å²) < 4.78 is 42.0. The monoisotopic (exact) mass is 559 g/mol. The molecule has 0 fully saturated rings. The lowest BCUT2D eigenvalue weighted by molar-refractivity contribution is -0.139. The molecule has 0 radical (unpaired) electrons. The maximum atomic E-state index is 13.8. The van der Waals surface area contributed by atoms with Crippen molar-refractivity contribution in [2.45, 2.75) is 44.7 Å². The molecule has 0 bridgehead atoms. The Morgan fingerprint density at radius 1 is 0.974 bits per heavy atom. The van der Waals surface area contributed by atoms with Crippen LogP contribution >= 0.6 is 11.6 Å². The summed E-state index contributed by atoms with van der Waals surface area (Å²) in [4.78, 5) is 27.9. The zero-order chi connectivity index (χ0) is 27.9. The molecule has 1 atom stereocenters. The van der Waals surface area contributed by atoms with Crippen LogP contribution in [0.1, 0.15) is 31.4 Å². The molecule has 0 heterocycles. The first-order valence-electron chi connectivity index (χ1n) is 12.2. The van der Waals surface area contributed by atoms with E-state index in [4.69, 9.17) is 11.6 Å². The molecule has 2 amide bonds. The summed E-state index contributed by atoms with van der Waals surface area (Å²) in [6.45, 7) is 5.24. The van der Waals surface area contributed by atoms with Crippen LogP contribution in [-0.4, -0.2) is 44.3 Å². The normalized spacial score (nSPS) is 12.0. The van der Waals surface area contributed by atoms with Crippen molar-refractivity contribution in [3.05, 3.63) is 94.8 Å². The molecule has 0 spiro atoms. The first-order valence-corrected chi connectivity index (χ1v) is 14.0. The molecule has 7 nitrogen and oxygen atoms in total. The molecule has 0 aliphatic heterocycles. The number of carbonyl (C=O) groups is 2. The highest BCUT2D eigenvalue weighted by Gasteiger charge is 2.32. The number of sulfonamides is 1. The van der Waals surface area contributed by atoms with Crippen LogP contribution in [0.2, 0.25) is 5.02 Å². The van der Waals surface area contributed by atoms with E-state index in [0.29, 0.717) is 17.1 Å². The van der Waals surface area contributed by atoms with Gasteiger partial charge in [0, 0.05) is 18.1 Å². The molecule has 202 valence electrons. The predicted octanol–water partition coefficient (Wildman–Crippen LogP) is 4.93. The molecule has 0 saturated heterocycles. The predicted molar refractivity (Wildman–Crippen MR) is 147 cm³/mol.